The lowest BCUT2D eigenvalue weighted by Crippen LogP contribution is -2.59. The summed E-state index contributed by atoms with van der Waals surface area (Å²) in [6, 6.07) is 6.58. The van der Waals surface area contributed by atoms with Crippen molar-refractivity contribution in [3.63, 3.8) is 0 Å². The van der Waals surface area contributed by atoms with Gasteiger partial charge in [0.2, 0.25) is 5.79 Å². The standard InChI is InChI=1S/C18H19N5O3.ClH/c24-15-4-1-3-12-13(11-14(17(25)26)22-16(12)15)18(20-5-2-6-21-18)23-9-7-19-8-10-23;/h1-6,11,19-20,24H,7-10H2,(H,25,26);1H. The Balaban J connectivity index is 0.00000210. The minimum absolute atomic E-state index is 0. The van der Waals surface area contributed by atoms with Gasteiger partial charge in [-0.05, 0) is 18.2 Å². The molecule has 1 unspecified atom stereocenters. The normalized spacial score (nSPS) is 22.2. The van der Waals surface area contributed by atoms with Crippen LogP contribution in [0.25, 0.3) is 10.9 Å². The zero-order valence-electron chi connectivity index (χ0n) is 14.4. The van der Waals surface area contributed by atoms with E-state index >= 15 is 0 Å². The second-order valence-electron chi connectivity index (χ2n) is 6.22. The summed E-state index contributed by atoms with van der Waals surface area (Å²) in [4.78, 5) is 22.6. The molecular weight excluding hydrogens is 370 g/mol. The summed E-state index contributed by atoms with van der Waals surface area (Å²) in [6.07, 6.45) is 5.29. The fourth-order valence-corrected chi connectivity index (χ4v) is 3.51. The summed E-state index contributed by atoms with van der Waals surface area (Å²) < 4.78 is 0. The van der Waals surface area contributed by atoms with Crippen LogP contribution in [-0.4, -0.2) is 58.5 Å². The van der Waals surface area contributed by atoms with Crippen LogP contribution >= 0.6 is 12.4 Å². The monoisotopic (exact) mass is 389 g/mol. The van der Waals surface area contributed by atoms with Gasteiger partial charge < -0.3 is 20.8 Å². The van der Waals surface area contributed by atoms with Crippen LogP contribution in [0.3, 0.4) is 0 Å². The van der Waals surface area contributed by atoms with E-state index in [0.717, 1.165) is 26.2 Å². The minimum atomic E-state index is -1.15. The van der Waals surface area contributed by atoms with E-state index in [1.54, 1.807) is 24.6 Å². The van der Waals surface area contributed by atoms with Crippen molar-refractivity contribution in [3.05, 3.63) is 47.8 Å². The van der Waals surface area contributed by atoms with Crippen molar-refractivity contribution in [2.24, 2.45) is 4.99 Å². The average Bonchev–Trinajstić information content (AvgIpc) is 2.69. The number of fused-ring (bicyclic) bond motifs is 1. The van der Waals surface area contributed by atoms with Crippen molar-refractivity contribution in [2.75, 3.05) is 26.2 Å². The number of phenols is 1. The van der Waals surface area contributed by atoms with E-state index in [2.05, 4.69) is 20.5 Å². The fourth-order valence-electron chi connectivity index (χ4n) is 3.51. The van der Waals surface area contributed by atoms with E-state index in [9.17, 15) is 15.0 Å². The molecule has 0 bridgehead atoms. The highest BCUT2D eigenvalue weighted by molar-refractivity contribution is 5.94. The molecule has 0 spiro atoms. The molecule has 4 N–H and O–H groups in total. The van der Waals surface area contributed by atoms with Gasteiger partial charge in [0.25, 0.3) is 0 Å². The summed E-state index contributed by atoms with van der Waals surface area (Å²) in [7, 11) is 0. The highest BCUT2D eigenvalue weighted by Gasteiger charge is 2.40. The first kappa shape index (κ1) is 19.1. The quantitative estimate of drug-likeness (QED) is 0.625. The Kier molecular flexibility index (Phi) is 5.31. The molecule has 1 saturated heterocycles. The minimum Gasteiger partial charge on any atom is -0.506 e. The van der Waals surface area contributed by atoms with E-state index in [1.165, 1.54) is 12.1 Å². The van der Waals surface area contributed by atoms with Crippen molar-refractivity contribution in [2.45, 2.75) is 5.79 Å². The predicted molar refractivity (Wildman–Crippen MR) is 105 cm³/mol. The van der Waals surface area contributed by atoms with Gasteiger partial charge >= 0.3 is 5.97 Å². The van der Waals surface area contributed by atoms with Gasteiger partial charge in [-0.25, -0.2) is 14.8 Å². The number of aliphatic imine (C=N–C) groups is 1. The Bertz CT molecular complexity index is 927. The molecule has 0 radical (unpaired) electrons. The number of phenolic OH excluding ortho intramolecular Hbond substituents is 1. The number of carboxylic acid groups (broad SMARTS) is 1. The van der Waals surface area contributed by atoms with Crippen LogP contribution in [0, 0.1) is 0 Å². The number of rotatable bonds is 3. The lowest BCUT2D eigenvalue weighted by atomic mass is 9.98. The summed E-state index contributed by atoms with van der Waals surface area (Å²) in [5.74, 6) is -2.16. The molecule has 27 heavy (non-hydrogen) atoms. The van der Waals surface area contributed by atoms with Crippen molar-refractivity contribution in [1.29, 1.82) is 0 Å². The first-order valence-corrected chi connectivity index (χ1v) is 8.42. The third-order valence-corrected chi connectivity index (χ3v) is 4.72. The van der Waals surface area contributed by atoms with E-state index in [0.29, 0.717) is 10.9 Å². The largest absolute Gasteiger partial charge is 0.506 e. The Morgan fingerprint density at radius 1 is 1.26 bits per heavy atom. The van der Waals surface area contributed by atoms with E-state index < -0.39 is 11.8 Å². The smallest absolute Gasteiger partial charge is 0.354 e. The molecule has 0 aliphatic carbocycles. The van der Waals surface area contributed by atoms with E-state index in [4.69, 9.17) is 4.99 Å². The predicted octanol–water partition coefficient (Wildman–Crippen LogP) is 1.26. The van der Waals surface area contributed by atoms with Crippen LogP contribution in [0.5, 0.6) is 5.75 Å². The molecule has 1 fully saturated rings. The Labute approximate surface area is 162 Å². The number of hydrogen-bond acceptors (Lipinski definition) is 7. The number of aromatic hydroxyl groups is 1. The van der Waals surface area contributed by atoms with Crippen molar-refractivity contribution in [3.8, 4) is 5.75 Å². The zero-order valence-corrected chi connectivity index (χ0v) is 15.2. The molecular formula is C18H20ClN5O3. The number of nitrogens with zero attached hydrogens (tertiary/aromatic N) is 3. The molecule has 8 nitrogen and oxygen atoms in total. The highest BCUT2D eigenvalue weighted by atomic mass is 35.5. The molecule has 1 aromatic carbocycles. The third-order valence-electron chi connectivity index (χ3n) is 4.72. The zero-order chi connectivity index (χ0) is 18.1. The molecule has 9 heteroatoms. The van der Waals surface area contributed by atoms with Gasteiger partial charge in [0, 0.05) is 49.5 Å². The molecule has 4 rings (SSSR count). The second-order valence-corrected chi connectivity index (χ2v) is 6.22. The number of carbonyl (C=O) groups is 1. The highest BCUT2D eigenvalue weighted by Crippen LogP contribution is 2.36. The molecule has 1 atom stereocenters. The number of piperazine rings is 1. The van der Waals surface area contributed by atoms with Crippen molar-refractivity contribution < 1.29 is 15.0 Å². The lowest BCUT2D eigenvalue weighted by Gasteiger charge is -2.44. The first-order chi connectivity index (χ1) is 12.6. The first-order valence-electron chi connectivity index (χ1n) is 8.42. The number of benzene rings is 1. The van der Waals surface area contributed by atoms with E-state index in [-0.39, 0.29) is 29.4 Å². The molecule has 2 aliphatic rings. The van der Waals surface area contributed by atoms with Gasteiger partial charge in [0.1, 0.15) is 17.0 Å². The summed E-state index contributed by atoms with van der Waals surface area (Å²) >= 11 is 0. The third kappa shape index (κ3) is 3.23. The molecule has 142 valence electrons. The van der Waals surface area contributed by atoms with Crippen LogP contribution in [0.2, 0.25) is 0 Å². The maximum Gasteiger partial charge on any atom is 0.354 e. The molecule has 2 aliphatic heterocycles. The average molecular weight is 390 g/mol. The molecule has 0 amide bonds. The number of allylic oxidation sites excluding steroid dienone is 1. The van der Waals surface area contributed by atoms with Crippen LogP contribution in [0.15, 0.2) is 41.5 Å². The van der Waals surface area contributed by atoms with Gasteiger partial charge in [-0.1, -0.05) is 12.1 Å². The van der Waals surface area contributed by atoms with Gasteiger partial charge in [-0.2, -0.15) is 0 Å². The van der Waals surface area contributed by atoms with Crippen LogP contribution in [0.1, 0.15) is 16.1 Å². The van der Waals surface area contributed by atoms with Gasteiger partial charge in [0.15, 0.2) is 0 Å². The number of pyridine rings is 1. The Morgan fingerprint density at radius 3 is 2.70 bits per heavy atom. The fraction of sp³-hybridized carbons (Fsp3) is 0.278. The number of carboxylic acids is 1. The number of hydrogen-bond donors (Lipinski definition) is 4. The molecule has 3 heterocycles. The van der Waals surface area contributed by atoms with Gasteiger partial charge in [-0.15, -0.1) is 12.4 Å². The van der Waals surface area contributed by atoms with Crippen molar-refractivity contribution >= 4 is 35.5 Å². The maximum absolute atomic E-state index is 11.6. The second kappa shape index (κ2) is 7.51. The van der Waals surface area contributed by atoms with Crippen molar-refractivity contribution in [1.82, 2.24) is 20.5 Å². The Morgan fingerprint density at radius 2 is 2.04 bits per heavy atom. The summed E-state index contributed by atoms with van der Waals surface area (Å²) in [5.41, 5.74) is 0.775. The van der Waals surface area contributed by atoms with Gasteiger partial charge in [0.05, 0.1) is 0 Å². The Hall–Kier alpha value is -2.68. The number of aromatic carboxylic acids is 1. The van der Waals surface area contributed by atoms with Crippen LogP contribution < -0.4 is 10.6 Å². The van der Waals surface area contributed by atoms with E-state index in [1.807, 2.05) is 6.07 Å². The maximum atomic E-state index is 11.6. The lowest BCUT2D eigenvalue weighted by molar-refractivity contribution is 0.0591. The van der Waals surface area contributed by atoms with Crippen LogP contribution in [-0.2, 0) is 5.79 Å². The summed E-state index contributed by atoms with van der Waals surface area (Å²) in [5, 5.41) is 27.0. The number of halogens is 1. The molecule has 1 aromatic heterocycles. The molecule has 2 aromatic rings. The summed E-state index contributed by atoms with van der Waals surface area (Å²) in [6.45, 7) is 3.10. The number of nitrogens with one attached hydrogen (secondary N) is 2. The molecule has 0 saturated carbocycles. The van der Waals surface area contributed by atoms with Crippen LogP contribution in [0.4, 0.5) is 0 Å². The topological polar surface area (TPSA) is 110 Å². The number of aromatic nitrogens is 1. The van der Waals surface area contributed by atoms with Gasteiger partial charge in [-0.3, -0.25) is 4.90 Å². The SMILES string of the molecule is Cl.O=C(O)c1cc(C2(N3CCNCC3)N=CC=CN2)c2cccc(O)c2n1. The number of para-hydroxylation sites is 1.